The second kappa shape index (κ2) is 7.54. The van der Waals surface area contributed by atoms with Crippen molar-refractivity contribution in [3.05, 3.63) is 76.2 Å². The van der Waals surface area contributed by atoms with Gasteiger partial charge in [0.25, 0.3) is 5.91 Å². The third-order valence-electron chi connectivity index (χ3n) is 3.92. The third kappa shape index (κ3) is 4.18. The van der Waals surface area contributed by atoms with E-state index in [0.717, 1.165) is 28.1 Å². The first-order chi connectivity index (χ1) is 12.4. The largest absolute Gasteiger partial charge is 0.339 e. The maximum Gasteiger partial charge on any atom is 0.275 e. The van der Waals surface area contributed by atoms with Gasteiger partial charge in [-0.3, -0.25) is 4.79 Å². The Morgan fingerprint density at radius 3 is 2.19 bits per heavy atom. The number of nitrogens with zero attached hydrogens (tertiary/aromatic N) is 2. The summed E-state index contributed by atoms with van der Waals surface area (Å²) in [7, 11) is 0. The molecule has 6 heteroatoms. The number of amides is 1. The number of carbonyl (C=O) groups is 1. The van der Waals surface area contributed by atoms with Crippen molar-refractivity contribution in [2.45, 2.75) is 20.8 Å². The number of carbonyl (C=O) groups excluding carboxylic acids is 1. The lowest BCUT2D eigenvalue weighted by Gasteiger charge is -2.12. The molecule has 0 saturated heterocycles. The van der Waals surface area contributed by atoms with Crippen LogP contribution in [0.5, 0.6) is 0 Å². The molecule has 0 atom stereocenters. The molecule has 0 spiro atoms. The summed E-state index contributed by atoms with van der Waals surface area (Å²) in [6, 6.07) is 11.3. The second-order valence-corrected chi connectivity index (χ2v) is 6.58. The number of hydrogen-bond donors (Lipinski definition) is 2. The minimum atomic E-state index is -0.286. The number of hydrogen-bond acceptors (Lipinski definition) is 4. The van der Waals surface area contributed by atoms with Gasteiger partial charge < -0.3 is 10.6 Å². The Bertz CT molecular complexity index is 914. The molecule has 0 fully saturated rings. The summed E-state index contributed by atoms with van der Waals surface area (Å²) >= 11 is 5.87. The molecule has 1 aromatic heterocycles. The van der Waals surface area contributed by atoms with E-state index in [1.165, 1.54) is 12.4 Å². The average molecular weight is 367 g/mol. The monoisotopic (exact) mass is 366 g/mol. The first-order valence-electron chi connectivity index (χ1n) is 8.16. The first-order valence-corrected chi connectivity index (χ1v) is 8.54. The van der Waals surface area contributed by atoms with E-state index < -0.39 is 0 Å². The predicted molar refractivity (Wildman–Crippen MR) is 105 cm³/mol. The van der Waals surface area contributed by atoms with Gasteiger partial charge in [0.05, 0.1) is 12.4 Å². The smallest absolute Gasteiger partial charge is 0.275 e. The van der Waals surface area contributed by atoms with Gasteiger partial charge in [-0.05, 0) is 56.2 Å². The molecule has 26 heavy (non-hydrogen) atoms. The van der Waals surface area contributed by atoms with Crippen LogP contribution in [-0.4, -0.2) is 15.9 Å². The number of nitrogens with one attached hydrogen (secondary N) is 2. The first kappa shape index (κ1) is 17.9. The number of aryl methyl sites for hydroxylation is 3. The molecule has 0 aliphatic carbocycles. The lowest BCUT2D eigenvalue weighted by molar-refractivity contribution is 0.102. The number of benzene rings is 2. The molecule has 2 N–H and O–H groups in total. The van der Waals surface area contributed by atoms with Gasteiger partial charge in [0.2, 0.25) is 0 Å². The summed E-state index contributed by atoms with van der Waals surface area (Å²) in [6.45, 7) is 5.98. The second-order valence-electron chi connectivity index (χ2n) is 6.15. The minimum Gasteiger partial charge on any atom is -0.339 e. The zero-order chi connectivity index (χ0) is 18.7. The summed E-state index contributed by atoms with van der Waals surface area (Å²) in [5, 5.41) is 6.69. The Hall–Kier alpha value is -2.92. The fourth-order valence-corrected chi connectivity index (χ4v) is 2.87. The molecule has 0 aliphatic rings. The normalized spacial score (nSPS) is 10.5. The number of anilines is 3. The van der Waals surface area contributed by atoms with E-state index in [9.17, 15) is 4.79 Å². The average Bonchev–Trinajstić information content (AvgIpc) is 2.60. The molecule has 0 unspecified atom stereocenters. The summed E-state index contributed by atoms with van der Waals surface area (Å²) in [4.78, 5) is 20.9. The van der Waals surface area contributed by atoms with Crippen LogP contribution in [0.3, 0.4) is 0 Å². The van der Waals surface area contributed by atoms with Gasteiger partial charge in [-0.25, -0.2) is 9.97 Å². The highest BCUT2D eigenvalue weighted by Crippen LogP contribution is 2.22. The SMILES string of the molecule is Cc1cc(C)c(NC(=O)c2cnc(Nc3ccc(Cl)cc3)cn2)c(C)c1. The van der Waals surface area contributed by atoms with Gasteiger partial charge in [-0.1, -0.05) is 29.3 Å². The molecule has 3 aromatic rings. The maximum atomic E-state index is 12.5. The van der Waals surface area contributed by atoms with Crippen molar-refractivity contribution in [1.29, 1.82) is 0 Å². The zero-order valence-corrected chi connectivity index (χ0v) is 15.6. The summed E-state index contributed by atoms with van der Waals surface area (Å²) < 4.78 is 0. The number of aromatic nitrogens is 2. The number of halogens is 1. The molecule has 0 bridgehead atoms. The highest BCUT2D eigenvalue weighted by Gasteiger charge is 2.12. The van der Waals surface area contributed by atoms with Crippen molar-refractivity contribution in [2.75, 3.05) is 10.6 Å². The lowest BCUT2D eigenvalue weighted by Crippen LogP contribution is -2.16. The van der Waals surface area contributed by atoms with Crippen LogP contribution in [0.15, 0.2) is 48.8 Å². The standard InChI is InChI=1S/C20H19ClN4O/c1-12-8-13(2)19(14(3)9-12)25-20(26)17-10-23-18(11-22-17)24-16-6-4-15(21)5-7-16/h4-11H,1-3H3,(H,23,24)(H,25,26). The topological polar surface area (TPSA) is 66.9 Å². The Kier molecular flexibility index (Phi) is 5.19. The van der Waals surface area contributed by atoms with E-state index in [2.05, 4.69) is 20.6 Å². The van der Waals surface area contributed by atoms with Crippen molar-refractivity contribution < 1.29 is 4.79 Å². The minimum absolute atomic E-state index is 0.256. The Morgan fingerprint density at radius 2 is 1.62 bits per heavy atom. The summed E-state index contributed by atoms with van der Waals surface area (Å²) in [5.41, 5.74) is 5.11. The quantitative estimate of drug-likeness (QED) is 0.678. The molecule has 0 saturated carbocycles. The van der Waals surface area contributed by atoms with Crippen LogP contribution in [0.4, 0.5) is 17.2 Å². The Balaban J connectivity index is 1.72. The summed E-state index contributed by atoms with van der Waals surface area (Å²) in [6.07, 6.45) is 2.98. The molecule has 2 aromatic carbocycles. The lowest BCUT2D eigenvalue weighted by atomic mass is 10.1. The van der Waals surface area contributed by atoms with Gasteiger partial charge in [-0.2, -0.15) is 0 Å². The predicted octanol–water partition coefficient (Wildman–Crippen LogP) is 5.05. The molecule has 132 valence electrons. The molecule has 5 nitrogen and oxygen atoms in total. The van der Waals surface area contributed by atoms with Gasteiger partial charge >= 0.3 is 0 Å². The van der Waals surface area contributed by atoms with Gasteiger partial charge in [0, 0.05) is 16.4 Å². The van der Waals surface area contributed by atoms with Crippen LogP contribution in [0.25, 0.3) is 0 Å². The third-order valence-corrected chi connectivity index (χ3v) is 4.17. The molecular weight excluding hydrogens is 348 g/mol. The molecule has 1 amide bonds. The van der Waals surface area contributed by atoms with Crippen molar-refractivity contribution in [1.82, 2.24) is 9.97 Å². The van der Waals surface area contributed by atoms with E-state index in [1.54, 1.807) is 12.1 Å². The van der Waals surface area contributed by atoms with Crippen LogP contribution in [0, 0.1) is 20.8 Å². The highest BCUT2D eigenvalue weighted by atomic mass is 35.5. The highest BCUT2D eigenvalue weighted by molar-refractivity contribution is 6.30. The van der Waals surface area contributed by atoms with Crippen LogP contribution < -0.4 is 10.6 Å². The van der Waals surface area contributed by atoms with Gasteiger partial charge in [-0.15, -0.1) is 0 Å². The number of rotatable bonds is 4. The summed E-state index contributed by atoms with van der Waals surface area (Å²) in [5.74, 6) is 0.261. The molecular formula is C20H19ClN4O. The van der Waals surface area contributed by atoms with Crippen LogP contribution in [0.1, 0.15) is 27.2 Å². The molecule has 1 heterocycles. The van der Waals surface area contributed by atoms with Crippen molar-refractivity contribution >= 4 is 34.7 Å². The van der Waals surface area contributed by atoms with Crippen molar-refractivity contribution in [3.8, 4) is 0 Å². The van der Waals surface area contributed by atoms with Crippen LogP contribution in [-0.2, 0) is 0 Å². The van der Waals surface area contributed by atoms with E-state index in [4.69, 9.17) is 11.6 Å². The van der Waals surface area contributed by atoms with E-state index in [1.807, 2.05) is 45.0 Å². The maximum absolute atomic E-state index is 12.5. The van der Waals surface area contributed by atoms with Gasteiger partial charge in [0.15, 0.2) is 0 Å². The van der Waals surface area contributed by atoms with Crippen LogP contribution in [0.2, 0.25) is 5.02 Å². The molecule has 3 rings (SSSR count). The fraction of sp³-hybridized carbons (Fsp3) is 0.150. The van der Waals surface area contributed by atoms with Crippen molar-refractivity contribution in [3.63, 3.8) is 0 Å². The Labute approximate surface area is 157 Å². The zero-order valence-electron chi connectivity index (χ0n) is 14.8. The van der Waals surface area contributed by atoms with Gasteiger partial charge in [0.1, 0.15) is 11.5 Å². The van der Waals surface area contributed by atoms with Crippen LogP contribution >= 0.6 is 11.6 Å². The van der Waals surface area contributed by atoms with E-state index in [0.29, 0.717) is 10.8 Å². The van der Waals surface area contributed by atoms with E-state index in [-0.39, 0.29) is 11.6 Å². The van der Waals surface area contributed by atoms with E-state index >= 15 is 0 Å². The Morgan fingerprint density at radius 1 is 0.962 bits per heavy atom. The molecule has 0 radical (unpaired) electrons. The fourth-order valence-electron chi connectivity index (χ4n) is 2.75. The molecule has 0 aliphatic heterocycles. The van der Waals surface area contributed by atoms with Crippen molar-refractivity contribution in [2.24, 2.45) is 0 Å².